The first-order valence-electron chi connectivity index (χ1n) is 4.91. The molecule has 0 radical (unpaired) electrons. The van der Waals surface area contributed by atoms with Gasteiger partial charge in [0.15, 0.2) is 5.82 Å². The molecule has 0 aliphatic heterocycles. The van der Waals surface area contributed by atoms with Crippen LogP contribution in [0, 0.1) is 0 Å². The summed E-state index contributed by atoms with van der Waals surface area (Å²) in [5.41, 5.74) is 6.81. The van der Waals surface area contributed by atoms with Crippen LogP contribution in [-0.4, -0.2) is 15.0 Å². The van der Waals surface area contributed by atoms with Crippen LogP contribution in [-0.2, 0) is 0 Å². The molecule has 18 heavy (non-hydrogen) atoms. The van der Waals surface area contributed by atoms with Gasteiger partial charge in [0.1, 0.15) is 10.7 Å². The molecular weight excluding hydrogens is 336 g/mol. The Hall–Kier alpha value is -1.24. The molecule has 0 saturated heterocycles. The van der Waals surface area contributed by atoms with Crippen molar-refractivity contribution in [3.8, 4) is 0 Å². The third kappa shape index (κ3) is 2.95. The first-order valence-corrected chi connectivity index (χ1v) is 6.48. The number of hydrogen-bond donors (Lipinski definition) is 2. The van der Waals surface area contributed by atoms with Crippen molar-refractivity contribution in [2.24, 2.45) is 5.73 Å². The Kier molecular flexibility index (Phi) is 4.11. The lowest BCUT2D eigenvalue weighted by Crippen LogP contribution is -2.14. The van der Waals surface area contributed by atoms with Gasteiger partial charge in [0.25, 0.3) is 0 Å². The number of benzene rings is 1. The molecule has 0 atom stereocenters. The standard InChI is InChI=1S/C11H8BrClN4S/c12-7-2-1-6(5-8(7)13)17-11-9(10(14)18)15-3-4-16-11/h1-5H,(H2,14,18)(H,16,17). The molecule has 0 saturated carbocycles. The minimum Gasteiger partial charge on any atom is -0.388 e. The number of aromatic nitrogens is 2. The zero-order valence-corrected chi connectivity index (χ0v) is 12.2. The molecule has 3 N–H and O–H groups in total. The highest BCUT2D eigenvalue weighted by atomic mass is 79.9. The second-order valence-corrected chi connectivity index (χ2v) is 5.07. The molecule has 0 aliphatic rings. The molecule has 4 nitrogen and oxygen atoms in total. The van der Waals surface area contributed by atoms with E-state index in [4.69, 9.17) is 29.6 Å². The summed E-state index contributed by atoms with van der Waals surface area (Å²) < 4.78 is 0.823. The summed E-state index contributed by atoms with van der Waals surface area (Å²) >= 11 is 14.2. The molecule has 92 valence electrons. The van der Waals surface area contributed by atoms with Crippen LogP contribution >= 0.6 is 39.7 Å². The normalized spacial score (nSPS) is 10.1. The summed E-state index contributed by atoms with van der Waals surface area (Å²) in [5.74, 6) is 0.503. The van der Waals surface area contributed by atoms with Gasteiger partial charge in [-0.05, 0) is 34.1 Å². The lowest BCUT2D eigenvalue weighted by molar-refractivity contribution is 1.18. The van der Waals surface area contributed by atoms with Crippen LogP contribution in [0.25, 0.3) is 0 Å². The van der Waals surface area contributed by atoms with Crippen molar-refractivity contribution in [1.29, 1.82) is 0 Å². The van der Waals surface area contributed by atoms with E-state index in [0.29, 0.717) is 16.5 Å². The first kappa shape index (κ1) is 13.2. The number of hydrogen-bond acceptors (Lipinski definition) is 4. The molecule has 1 aromatic carbocycles. The Morgan fingerprint density at radius 3 is 2.72 bits per heavy atom. The van der Waals surface area contributed by atoms with E-state index in [1.165, 1.54) is 6.20 Å². The van der Waals surface area contributed by atoms with Gasteiger partial charge in [-0.25, -0.2) is 9.97 Å². The van der Waals surface area contributed by atoms with E-state index in [2.05, 4.69) is 31.2 Å². The fourth-order valence-electron chi connectivity index (χ4n) is 1.32. The van der Waals surface area contributed by atoms with E-state index >= 15 is 0 Å². The van der Waals surface area contributed by atoms with E-state index in [-0.39, 0.29) is 4.99 Å². The highest BCUT2D eigenvalue weighted by Crippen LogP contribution is 2.27. The van der Waals surface area contributed by atoms with Crippen LogP contribution in [0.1, 0.15) is 5.69 Å². The van der Waals surface area contributed by atoms with Gasteiger partial charge in [0.05, 0.1) is 5.02 Å². The zero-order valence-electron chi connectivity index (χ0n) is 9.02. The van der Waals surface area contributed by atoms with Gasteiger partial charge < -0.3 is 11.1 Å². The summed E-state index contributed by atoms with van der Waals surface area (Å²) in [6, 6.07) is 5.46. The van der Waals surface area contributed by atoms with Gasteiger partial charge in [-0.3, -0.25) is 0 Å². The largest absolute Gasteiger partial charge is 0.388 e. The van der Waals surface area contributed by atoms with E-state index in [0.717, 1.165) is 10.2 Å². The van der Waals surface area contributed by atoms with Crippen LogP contribution in [0.5, 0.6) is 0 Å². The summed E-state index contributed by atoms with van der Waals surface area (Å²) in [6.45, 7) is 0. The Bertz CT molecular complexity index is 605. The van der Waals surface area contributed by atoms with Gasteiger partial charge in [-0.2, -0.15) is 0 Å². The Morgan fingerprint density at radius 2 is 2.06 bits per heavy atom. The number of nitrogens with two attached hydrogens (primary N) is 1. The van der Waals surface area contributed by atoms with Crippen molar-refractivity contribution in [2.75, 3.05) is 5.32 Å². The van der Waals surface area contributed by atoms with Crippen molar-refractivity contribution in [2.45, 2.75) is 0 Å². The van der Waals surface area contributed by atoms with Gasteiger partial charge in [-0.1, -0.05) is 23.8 Å². The number of rotatable bonds is 3. The van der Waals surface area contributed by atoms with Gasteiger partial charge in [-0.15, -0.1) is 0 Å². The second kappa shape index (κ2) is 5.60. The molecule has 0 amide bonds. The number of thiocarbonyl (C=S) groups is 1. The molecule has 0 aliphatic carbocycles. The van der Waals surface area contributed by atoms with Crippen LogP contribution < -0.4 is 11.1 Å². The molecule has 0 bridgehead atoms. The van der Waals surface area contributed by atoms with Crippen LogP contribution in [0.15, 0.2) is 35.1 Å². The Labute approximate surface area is 123 Å². The predicted molar refractivity (Wildman–Crippen MR) is 80.4 cm³/mol. The highest BCUT2D eigenvalue weighted by Gasteiger charge is 2.08. The molecule has 0 fully saturated rings. The van der Waals surface area contributed by atoms with Gasteiger partial charge >= 0.3 is 0 Å². The third-order valence-electron chi connectivity index (χ3n) is 2.11. The third-order valence-corrected chi connectivity index (χ3v) is 3.54. The van der Waals surface area contributed by atoms with E-state index in [1.54, 1.807) is 12.3 Å². The molecular formula is C11H8BrClN4S. The molecule has 1 heterocycles. The average molecular weight is 344 g/mol. The van der Waals surface area contributed by atoms with Gasteiger partial charge in [0, 0.05) is 22.6 Å². The van der Waals surface area contributed by atoms with Crippen molar-refractivity contribution in [1.82, 2.24) is 9.97 Å². The number of nitrogens with one attached hydrogen (secondary N) is 1. The SMILES string of the molecule is NC(=S)c1nccnc1Nc1ccc(Br)c(Cl)c1. The molecule has 0 unspecified atom stereocenters. The summed E-state index contributed by atoms with van der Waals surface area (Å²) in [5, 5.41) is 3.67. The van der Waals surface area contributed by atoms with E-state index in [1.807, 2.05) is 12.1 Å². The maximum absolute atomic E-state index is 6.01. The fraction of sp³-hybridized carbons (Fsp3) is 0. The minimum atomic E-state index is 0.189. The second-order valence-electron chi connectivity index (χ2n) is 3.37. The first-order chi connectivity index (χ1) is 8.58. The topological polar surface area (TPSA) is 63.8 Å². The highest BCUT2D eigenvalue weighted by molar-refractivity contribution is 9.10. The fourth-order valence-corrected chi connectivity index (χ4v) is 1.90. The zero-order chi connectivity index (χ0) is 13.1. The lowest BCUT2D eigenvalue weighted by atomic mass is 10.3. The molecule has 2 rings (SSSR count). The summed E-state index contributed by atoms with van der Waals surface area (Å²) in [6.07, 6.45) is 3.10. The number of anilines is 2. The van der Waals surface area contributed by atoms with Crippen LogP contribution in [0.4, 0.5) is 11.5 Å². The Morgan fingerprint density at radius 1 is 1.33 bits per heavy atom. The molecule has 1 aromatic heterocycles. The maximum Gasteiger partial charge on any atom is 0.159 e. The molecule has 2 aromatic rings. The minimum absolute atomic E-state index is 0.189. The molecule has 7 heteroatoms. The predicted octanol–water partition coefficient (Wildman–Crippen LogP) is 3.27. The monoisotopic (exact) mass is 342 g/mol. The van der Waals surface area contributed by atoms with Crippen molar-refractivity contribution < 1.29 is 0 Å². The quantitative estimate of drug-likeness (QED) is 0.837. The smallest absolute Gasteiger partial charge is 0.159 e. The Balaban J connectivity index is 2.34. The summed E-state index contributed by atoms with van der Waals surface area (Å²) in [7, 11) is 0. The molecule has 0 spiro atoms. The average Bonchev–Trinajstić information content (AvgIpc) is 2.34. The number of nitrogens with zero attached hydrogens (tertiary/aromatic N) is 2. The van der Waals surface area contributed by atoms with Crippen molar-refractivity contribution >= 4 is 56.2 Å². The van der Waals surface area contributed by atoms with E-state index in [9.17, 15) is 0 Å². The van der Waals surface area contributed by atoms with Crippen molar-refractivity contribution in [3.63, 3.8) is 0 Å². The number of halogens is 2. The van der Waals surface area contributed by atoms with Gasteiger partial charge in [0.2, 0.25) is 0 Å². The maximum atomic E-state index is 6.01. The summed E-state index contributed by atoms with van der Waals surface area (Å²) in [4.78, 5) is 8.42. The van der Waals surface area contributed by atoms with Crippen molar-refractivity contribution in [3.05, 3.63) is 45.8 Å². The lowest BCUT2D eigenvalue weighted by Gasteiger charge is -2.09. The van der Waals surface area contributed by atoms with E-state index < -0.39 is 0 Å². The van der Waals surface area contributed by atoms with Crippen LogP contribution in [0.2, 0.25) is 5.02 Å². The van der Waals surface area contributed by atoms with Crippen LogP contribution in [0.3, 0.4) is 0 Å².